The van der Waals surface area contributed by atoms with Crippen LogP contribution in [0.2, 0.25) is 0 Å². The maximum absolute atomic E-state index is 11.8. The van der Waals surface area contributed by atoms with Crippen LogP contribution in [0, 0.1) is 0 Å². The van der Waals surface area contributed by atoms with Crippen LogP contribution in [0.25, 0.3) is 6.08 Å². The van der Waals surface area contributed by atoms with Gasteiger partial charge >= 0.3 is 0 Å². The molecule has 1 saturated heterocycles. The second-order valence-corrected chi connectivity index (χ2v) is 7.38. The quantitative estimate of drug-likeness (QED) is 0.576. The van der Waals surface area contributed by atoms with E-state index in [1.54, 1.807) is 6.08 Å². The van der Waals surface area contributed by atoms with Crippen molar-refractivity contribution < 1.29 is 14.3 Å². The first-order valence-electron chi connectivity index (χ1n) is 8.30. The number of ether oxygens (including phenoxy) is 2. The summed E-state index contributed by atoms with van der Waals surface area (Å²) in [4.78, 5) is 12.4. The van der Waals surface area contributed by atoms with Crippen LogP contribution in [0.3, 0.4) is 0 Å². The van der Waals surface area contributed by atoms with Crippen molar-refractivity contribution in [2.24, 2.45) is 0 Å². The molecule has 6 heteroatoms. The zero-order valence-electron chi connectivity index (χ0n) is 14.5. The molecule has 4 nitrogen and oxygen atoms in total. The summed E-state index contributed by atoms with van der Waals surface area (Å²) in [7, 11) is 0. The Hall–Kier alpha value is -2.31. The monoisotopic (exact) mass is 385 g/mol. The van der Waals surface area contributed by atoms with Crippen LogP contribution >= 0.6 is 24.0 Å². The van der Waals surface area contributed by atoms with Gasteiger partial charge < -0.3 is 14.8 Å². The minimum absolute atomic E-state index is 0.104. The first kappa shape index (κ1) is 18.5. The first-order valence-corrected chi connectivity index (χ1v) is 9.52. The van der Waals surface area contributed by atoms with Gasteiger partial charge in [-0.15, -0.1) is 0 Å². The first-order chi connectivity index (χ1) is 12.6. The number of amides is 1. The number of carbonyl (C=O) groups is 1. The lowest BCUT2D eigenvalue weighted by molar-refractivity contribution is -0.115. The van der Waals surface area contributed by atoms with E-state index in [0.29, 0.717) is 27.3 Å². The molecule has 134 valence electrons. The van der Waals surface area contributed by atoms with Crippen LogP contribution < -0.4 is 14.8 Å². The Kier molecular flexibility index (Phi) is 5.96. The van der Waals surface area contributed by atoms with Gasteiger partial charge in [0.05, 0.1) is 11.5 Å². The molecule has 2 aromatic carbocycles. The van der Waals surface area contributed by atoms with Gasteiger partial charge in [0, 0.05) is 0 Å². The molecule has 3 rings (SSSR count). The molecule has 0 aromatic heterocycles. The van der Waals surface area contributed by atoms with Crippen LogP contribution in [0.5, 0.6) is 11.5 Å². The SMILES string of the molecule is CCOc1cc(/C=C2/SC(=S)NC2=O)ccc1O[C@H](C)c1ccccc1. The van der Waals surface area contributed by atoms with E-state index in [1.807, 2.05) is 62.4 Å². The van der Waals surface area contributed by atoms with Crippen molar-refractivity contribution in [3.8, 4) is 11.5 Å². The smallest absolute Gasteiger partial charge is 0.263 e. The summed E-state index contributed by atoms with van der Waals surface area (Å²) in [6.45, 7) is 4.45. The van der Waals surface area contributed by atoms with Crippen LogP contribution in [0.1, 0.15) is 31.1 Å². The summed E-state index contributed by atoms with van der Waals surface area (Å²) >= 11 is 6.28. The number of thiocarbonyl (C=S) groups is 1. The highest BCUT2D eigenvalue weighted by Gasteiger charge is 2.22. The highest BCUT2D eigenvalue weighted by molar-refractivity contribution is 8.26. The third kappa shape index (κ3) is 4.45. The van der Waals surface area contributed by atoms with Gasteiger partial charge in [0.1, 0.15) is 10.4 Å². The van der Waals surface area contributed by atoms with Gasteiger partial charge in [-0.2, -0.15) is 0 Å². The molecule has 0 aliphatic carbocycles. The fourth-order valence-electron chi connectivity index (χ4n) is 2.54. The molecule has 0 spiro atoms. The van der Waals surface area contributed by atoms with Gasteiger partial charge in [-0.3, -0.25) is 4.79 Å². The molecular weight excluding hydrogens is 366 g/mol. The lowest BCUT2D eigenvalue weighted by atomic mass is 10.1. The largest absolute Gasteiger partial charge is 0.490 e. The fraction of sp³-hybridized carbons (Fsp3) is 0.200. The van der Waals surface area contributed by atoms with E-state index in [2.05, 4.69) is 5.32 Å². The lowest BCUT2D eigenvalue weighted by Crippen LogP contribution is -2.17. The molecule has 0 bridgehead atoms. The minimum Gasteiger partial charge on any atom is -0.490 e. The predicted molar refractivity (Wildman–Crippen MR) is 109 cm³/mol. The van der Waals surface area contributed by atoms with Gasteiger partial charge in [0.2, 0.25) is 0 Å². The Morgan fingerprint density at radius 2 is 1.96 bits per heavy atom. The Morgan fingerprint density at radius 1 is 1.19 bits per heavy atom. The van der Waals surface area contributed by atoms with Crippen molar-refractivity contribution in [1.82, 2.24) is 5.32 Å². The van der Waals surface area contributed by atoms with E-state index < -0.39 is 0 Å². The maximum atomic E-state index is 11.8. The molecule has 1 fully saturated rings. The van der Waals surface area contributed by atoms with Crippen molar-refractivity contribution in [3.05, 3.63) is 64.6 Å². The predicted octanol–water partition coefficient (Wildman–Crippen LogP) is 4.71. The van der Waals surface area contributed by atoms with E-state index in [4.69, 9.17) is 21.7 Å². The number of rotatable bonds is 6. The van der Waals surface area contributed by atoms with Crippen molar-refractivity contribution >= 4 is 40.3 Å². The van der Waals surface area contributed by atoms with Gasteiger partial charge in [0.15, 0.2) is 11.5 Å². The maximum Gasteiger partial charge on any atom is 0.263 e. The third-order valence-corrected chi connectivity index (χ3v) is 4.94. The second-order valence-electron chi connectivity index (χ2n) is 5.66. The van der Waals surface area contributed by atoms with Gasteiger partial charge in [-0.25, -0.2) is 0 Å². The summed E-state index contributed by atoms with van der Waals surface area (Å²) in [5.41, 5.74) is 1.95. The molecule has 2 aromatic rings. The molecule has 1 amide bonds. The molecule has 1 atom stereocenters. The van der Waals surface area contributed by atoms with Crippen molar-refractivity contribution in [2.45, 2.75) is 20.0 Å². The molecule has 0 saturated carbocycles. The van der Waals surface area contributed by atoms with Crippen LogP contribution in [-0.4, -0.2) is 16.8 Å². The van der Waals surface area contributed by atoms with Crippen molar-refractivity contribution in [2.75, 3.05) is 6.61 Å². The summed E-state index contributed by atoms with van der Waals surface area (Å²) < 4.78 is 12.3. The molecule has 0 radical (unpaired) electrons. The Morgan fingerprint density at radius 3 is 2.62 bits per heavy atom. The zero-order valence-corrected chi connectivity index (χ0v) is 16.2. The van der Waals surface area contributed by atoms with Crippen LogP contribution in [0.4, 0.5) is 0 Å². The zero-order chi connectivity index (χ0) is 18.5. The highest BCUT2D eigenvalue weighted by atomic mass is 32.2. The summed E-state index contributed by atoms with van der Waals surface area (Å²) in [5.74, 6) is 1.15. The molecule has 1 aliphatic heterocycles. The molecule has 1 heterocycles. The van der Waals surface area contributed by atoms with Crippen LogP contribution in [0.15, 0.2) is 53.4 Å². The van der Waals surface area contributed by atoms with Crippen LogP contribution in [-0.2, 0) is 4.79 Å². The summed E-state index contributed by atoms with van der Waals surface area (Å²) in [6, 6.07) is 15.7. The normalized spacial score (nSPS) is 16.5. The molecule has 26 heavy (non-hydrogen) atoms. The number of benzene rings is 2. The lowest BCUT2D eigenvalue weighted by Gasteiger charge is -2.18. The van der Waals surface area contributed by atoms with E-state index in [0.717, 1.165) is 11.1 Å². The standard InChI is InChI=1S/C20H19NO3S2/c1-3-23-17-11-14(12-18-19(22)21-20(25)26-18)9-10-16(17)24-13(2)15-7-5-4-6-8-15/h4-13H,3H2,1-2H3,(H,21,22,25)/b18-12+/t13-/m1/s1. The molecule has 0 unspecified atom stereocenters. The van der Waals surface area contributed by atoms with E-state index in [1.165, 1.54) is 11.8 Å². The molecular formula is C20H19NO3S2. The number of hydrogen-bond acceptors (Lipinski definition) is 5. The minimum atomic E-state index is -0.170. The fourth-order valence-corrected chi connectivity index (χ4v) is 3.58. The van der Waals surface area contributed by atoms with Crippen molar-refractivity contribution in [3.63, 3.8) is 0 Å². The number of nitrogens with one attached hydrogen (secondary N) is 1. The Bertz CT molecular complexity index is 849. The summed E-state index contributed by atoms with van der Waals surface area (Å²) in [6.07, 6.45) is 1.69. The third-order valence-electron chi connectivity index (χ3n) is 3.78. The topological polar surface area (TPSA) is 47.6 Å². The average Bonchev–Trinajstić information content (AvgIpc) is 2.95. The average molecular weight is 386 g/mol. The van der Waals surface area contributed by atoms with E-state index in [-0.39, 0.29) is 12.0 Å². The number of carbonyl (C=O) groups excluding carboxylic acids is 1. The van der Waals surface area contributed by atoms with E-state index >= 15 is 0 Å². The van der Waals surface area contributed by atoms with E-state index in [9.17, 15) is 4.79 Å². The number of thioether (sulfide) groups is 1. The number of hydrogen-bond donors (Lipinski definition) is 1. The molecule has 1 aliphatic rings. The van der Waals surface area contributed by atoms with Gasteiger partial charge in [0.25, 0.3) is 5.91 Å². The van der Waals surface area contributed by atoms with Gasteiger partial charge in [-0.05, 0) is 43.2 Å². The molecule has 1 N–H and O–H groups in total. The Balaban J connectivity index is 1.84. The Labute approximate surface area is 162 Å². The highest BCUT2D eigenvalue weighted by Crippen LogP contribution is 2.34. The van der Waals surface area contributed by atoms with Gasteiger partial charge in [-0.1, -0.05) is 60.4 Å². The summed E-state index contributed by atoms with van der Waals surface area (Å²) in [5, 5.41) is 2.61. The second kappa shape index (κ2) is 8.38. The van der Waals surface area contributed by atoms with Crippen molar-refractivity contribution in [1.29, 1.82) is 0 Å².